The Morgan fingerprint density at radius 2 is 2.00 bits per heavy atom. The molecule has 1 aliphatic rings. The van der Waals surface area contributed by atoms with Crippen LogP contribution in [0.15, 0.2) is 36.8 Å². The molecular formula is C18H19FN6O. The lowest BCUT2D eigenvalue weighted by atomic mass is 10.2. The van der Waals surface area contributed by atoms with Crippen molar-refractivity contribution in [1.29, 1.82) is 0 Å². The fraction of sp³-hybridized carbons (Fsp3) is 0.333. The van der Waals surface area contributed by atoms with Gasteiger partial charge in [0.1, 0.15) is 18.0 Å². The number of rotatable bonds is 5. The molecule has 1 aliphatic heterocycles. The Balaban J connectivity index is 1.46. The van der Waals surface area contributed by atoms with Crippen LogP contribution in [0.25, 0.3) is 11.0 Å². The fourth-order valence-corrected chi connectivity index (χ4v) is 3.24. The third-order valence-electron chi connectivity index (χ3n) is 4.55. The van der Waals surface area contributed by atoms with Gasteiger partial charge in [0, 0.05) is 19.6 Å². The van der Waals surface area contributed by atoms with Crippen molar-refractivity contribution in [1.82, 2.24) is 25.1 Å². The number of amides is 1. The molecule has 2 aromatic heterocycles. The second-order valence-corrected chi connectivity index (χ2v) is 6.23. The van der Waals surface area contributed by atoms with Gasteiger partial charge in [-0.15, -0.1) is 0 Å². The Labute approximate surface area is 149 Å². The first-order chi connectivity index (χ1) is 12.7. The molecular weight excluding hydrogens is 335 g/mol. The van der Waals surface area contributed by atoms with Crippen LogP contribution < -0.4 is 10.2 Å². The van der Waals surface area contributed by atoms with E-state index in [0.29, 0.717) is 13.1 Å². The van der Waals surface area contributed by atoms with E-state index in [0.717, 1.165) is 29.9 Å². The van der Waals surface area contributed by atoms with Gasteiger partial charge in [-0.05, 0) is 25.0 Å². The van der Waals surface area contributed by atoms with Crippen molar-refractivity contribution in [2.24, 2.45) is 0 Å². The number of anilines is 1. The highest BCUT2D eigenvalue weighted by atomic mass is 19.1. The number of hydrogen-bond acceptors (Lipinski definition) is 5. The van der Waals surface area contributed by atoms with Gasteiger partial charge < -0.3 is 10.2 Å². The Morgan fingerprint density at radius 3 is 2.81 bits per heavy atom. The average molecular weight is 354 g/mol. The van der Waals surface area contributed by atoms with Crippen molar-refractivity contribution in [3.63, 3.8) is 0 Å². The van der Waals surface area contributed by atoms with Crippen molar-refractivity contribution in [2.45, 2.75) is 19.4 Å². The van der Waals surface area contributed by atoms with Crippen LogP contribution in [-0.4, -0.2) is 45.3 Å². The number of carbonyl (C=O) groups excluding carboxylic acids is 1. The minimum absolute atomic E-state index is 0.0384. The van der Waals surface area contributed by atoms with E-state index in [2.05, 4.69) is 25.3 Å². The number of aromatic nitrogens is 4. The molecule has 0 atom stereocenters. The molecule has 1 fully saturated rings. The van der Waals surface area contributed by atoms with E-state index >= 15 is 0 Å². The maximum Gasteiger partial charge on any atom is 0.254 e. The van der Waals surface area contributed by atoms with Crippen molar-refractivity contribution in [3.05, 3.63) is 48.2 Å². The van der Waals surface area contributed by atoms with Gasteiger partial charge in [0.2, 0.25) is 0 Å². The summed E-state index contributed by atoms with van der Waals surface area (Å²) in [6.07, 6.45) is 5.65. The minimum Gasteiger partial charge on any atom is -0.356 e. The summed E-state index contributed by atoms with van der Waals surface area (Å²) in [5.41, 5.74) is 0.776. The van der Waals surface area contributed by atoms with Crippen molar-refractivity contribution in [2.75, 3.05) is 24.5 Å². The van der Waals surface area contributed by atoms with E-state index in [4.69, 9.17) is 0 Å². The Morgan fingerprint density at radius 1 is 1.19 bits per heavy atom. The third-order valence-corrected chi connectivity index (χ3v) is 4.55. The van der Waals surface area contributed by atoms with Gasteiger partial charge in [-0.2, -0.15) is 5.10 Å². The molecule has 0 unspecified atom stereocenters. The van der Waals surface area contributed by atoms with Gasteiger partial charge in [-0.3, -0.25) is 4.79 Å². The zero-order valence-electron chi connectivity index (χ0n) is 14.2. The molecule has 26 heavy (non-hydrogen) atoms. The zero-order chi connectivity index (χ0) is 17.9. The number of fused-ring (bicyclic) bond motifs is 1. The summed E-state index contributed by atoms with van der Waals surface area (Å²) in [7, 11) is 0. The minimum atomic E-state index is -0.530. The maximum absolute atomic E-state index is 13.6. The van der Waals surface area contributed by atoms with Crippen LogP contribution in [0.2, 0.25) is 0 Å². The molecule has 0 aliphatic carbocycles. The summed E-state index contributed by atoms with van der Waals surface area (Å²) in [6.45, 7) is 2.76. The lowest BCUT2D eigenvalue weighted by Crippen LogP contribution is -2.28. The molecule has 0 radical (unpaired) electrons. The highest BCUT2D eigenvalue weighted by Gasteiger charge is 2.18. The van der Waals surface area contributed by atoms with Gasteiger partial charge in [0.15, 0.2) is 5.65 Å². The molecule has 0 bridgehead atoms. The van der Waals surface area contributed by atoms with E-state index in [1.54, 1.807) is 29.3 Å². The number of benzene rings is 1. The molecule has 1 N–H and O–H groups in total. The van der Waals surface area contributed by atoms with E-state index in [-0.39, 0.29) is 5.56 Å². The predicted molar refractivity (Wildman–Crippen MR) is 95.5 cm³/mol. The average Bonchev–Trinajstić information content (AvgIpc) is 3.32. The van der Waals surface area contributed by atoms with Crippen molar-refractivity contribution >= 4 is 22.8 Å². The van der Waals surface area contributed by atoms with Crippen LogP contribution in [0.1, 0.15) is 23.2 Å². The number of carbonyl (C=O) groups is 1. The first-order valence-corrected chi connectivity index (χ1v) is 8.68. The second-order valence-electron chi connectivity index (χ2n) is 6.23. The van der Waals surface area contributed by atoms with Gasteiger partial charge in [0.05, 0.1) is 23.7 Å². The maximum atomic E-state index is 13.6. The summed E-state index contributed by atoms with van der Waals surface area (Å²) in [5.74, 6) is -0.0568. The van der Waals surface area contributed by atoms with Crippen LogP contribution in [0.3, 0.4) is 0 Å². The standard InChI is InChI=1S/C18H19FN6O/c19-15-6-2-1-5-13(15)18(26)20-7-10-25-17-14(11-23-25)16(21-12-22-17)24-8-3-4-9-24/h1-2,5-6,11-12H,3-4,7-10H2,(H,20,26). The molecule has 3 aromatic rings. The fourth-order valence-electron chi connectivity index (χ4n) is 3.24. The predicted octanol–water partition coefficient (Wildman–Crippen LogP) is 2.00. The number of nitrogens with one attached hydrogen (secondary N) is 1. The summed E-state index contributed by atoms with van der Waals surface area (Å²) in [6, 6.07) is 5.92. The van der Waals surface area contributed by atoms with Gasteiger partial charge in [0.25, 0.3) is 5.91 Å². The van der Waals surface area contributed by atoms with Crippen LogP contribution in [0.5, 0.6) is 0 Å². The molecule has 1 saturated heterocycles. The molecule has 7 nitrogen and oxygen atoms in total. The molecule has 134 valence electrons. The molecule has 3 heterocycles. The highest BCUT2D eigenvalue weighted by Crippen LogP contribution is 2.25. The van der Waals surface area contributed by atoms with E-state index < -0.39 is 11.7 Å². The van der Waals surface area contributed by atoms with Crippen LogP contribution in [0, 0.1) is 5.82 Å². The normalized spacial score (nSPS) is 14.1. The molecule has 1 aromatic carbocycles. The molecule has 8 heteroatoms. The molecule has 4 rings (SSSR count). The number of nitrogens with zero attached hydrogens (tertiary/aromatic N) is 5. The number of hydrogen-bond donors (Lipinski definition) is 1. The third kappa shape index (κ3) is 3.10. The van der Waals surface area contributed by atoms with Crippen LogP contribution in [0.4, 0.5) is 10.2 Å². The first kappa shape index (κ1) is 16.4. The first-order valence-electron chi connectivity index (χ1n) is 8.68. The molecule has 0 saturated carbocycles. The molecule has 0 spiro atoms. The van der Waals surface area contributed by atoms with E-state index in [9.17, 15) is 9.18 Å². The quantitative estimate of drug-likeness (QED) is 0.758. The summed E-state index contributed by atoms with van der Waals surface area (Å²) in [5, 5.41) is 8.01. The van der Waals surface area contributed by atoms with Crippen molar-refractivity contribution in [3.8, 4) is 0 Å². The Hall–Kier alpha value is -3.03. The summed E-state index contributed by atoms with van der Waals surface area (Å²) >= 11 is 0. The highest BCUT2D eigenvalue weighted by molar-refractivity contribution is 5.94. The summed E-state index contributed by atoms with van der Waals surface area (Å²) < 4.78 is 15.4. The SMILES string of the molecule is O=C(NCCn1ncc2c(N3CCCC3)ncnc21)c1ccccc1F. The zero-order valence-corrected chi connectivity index (χ0v) is 14.2. The largest absolute Gasteiger partial charge is 0.356 e. The second kappa shape index (κ2) is 7.07. The Kier molecular flexibility index (Phi) is 4.47. The topological polar surface area (TPSA) is 75.9 Å². The van der Waals surface area contributed by atoms with Crippen LogP contribution in [-0.2, 0) is 6.54 Å². The van der Waals surface area contributed by atoms with Gasteiger partial charge in [-0.1, -0.05) is 12.1 Å². The lowest BCUT2D eigenvalue weighted by Gasteiger charge is -2.16. The van der Waals surface area contributed by atoms with E-state index in [1.165, 1.54) is 25.0 Å². The van der Waals surface area contributed by atoms with Gasteiger partial charge >= 0.3 is 0 Å². The van der Waals surface area contributed by atoms with Gasteiger partial charge in [-0.25, -0.2) is 19.0 Å². The van der Waals surface area contributed by atoms with E-state index in [1.807, 2.05) is 0 Å². The smallest absolute Gasteiger partial charge is 0.254 e. The van der Waals surface area contributed by atoms with Crippen LogP contribution >= 0.6 is 0 Å². The monoisotopic (exact) mass is 354 g/mol. The molecule has 1 amide bonds. The lowest BCUT2D eigenvalue weighted by molar-refractivity contribution is 0.0948. The summed E-state index contributed by atoms with van der Waals surface area (Å²) in [4.78, 5) is 23.1. The Bertz CT molecular complexity index is 934. The number of halogens is 1. The van der Waals surface area contributed by atoms with Crippen molar-refractivity contribution < 1.29 is 9.18 Å².